The highest BCUT2D eigenvalue weighted by Gasteiger charge is 2.26. The summed E-state index contributed by atoms with van der Waals surface area (Å²) in [4.78, 5) is 3.54. The molecule has 1 aliphatic heterocycles. The van der Waals surface area contributed by atoms with Crippen LogP contribution in [-0.4, -0.2) is 22.6 Å². The minimum atomic E-state index is -0.166. The average Bonchev–Trinajstić information content (AvgIpc) is 3.16. The second kappa shape index (κ2) is 7.20. The minimum Gasteiger partial charge on any atom is -0.358 e. The third kappa shape index (κ3) is 3.84. The van der Waals surface area contributed by atoms with Gasteiger partial charge in [0.05, 0.1) is 6.54 Å². The fourth-order valence-corrected chi connectivity index (χ4v) is 3.89. The first-order valence-corrected chi connectivity index (χ1v) is 8.82. The quantitative estimate of drug-likeness (QED) is 0.852. The van der Waals surface area contributed by atoms with E-state index in [4.69, 9.17) is 12.2 Å². The van der Waals surface area contributed by atoms with Crippen molar-refractivity contribution in [1.29, 1.82) is 0 Å². The van der Waals surface area contributed by atoms with Crippen molar-refractivity contribution in [1.82, 2.24) is 10.2 Å². The molecule has 1 aliphatic rings. The van der Waals surface area contributed by atoms with Crippen molar-refractivity contribution in [2.45, 2.75) is 31.8 Å². The number of hydrogen-bond acceptors (Lipinski definition) is 2. The lowest BCUT2D eigenvalue weighted by atomic mass is 10.0. The van der Waals surface area contributed by atoms with Gasteiger partial charge in [0.2, 0.25) is 0 Å². The van der Waals surface area contributed by atoms with Crippen LogP contribution in [0.25, 0.3) is 0 Å². The number of nitrogens with one attached hydrogen (secondary N) is 1. The number of thiocarbonyl (C=S) groups is 1. The largest absolute Gasteiger partial charge is 0.358 e. The number of hydrogen-bond donors (Lipinski definition) is 1. The number of halogens is 1. The van der Waals surface area contributed by atoms with E-state index < -0.39 is 0 Å². The number of benzene rings is 1. The minimum absolute atomic E-state index is 0.166. The Morgan fingerprint density at radius 3 is 3.05 bits per heavy atom. The maximum absolute atomic E-state index is 13.3. The van der Waals surface area contributed by atoms with Crippen molar-refractivity contribution in [2.24, 2.45) is 0 Å². The number of nitrogens with zero attached hydrogens (tertiary/aromatic N) is 1. The SMILES string of the molecule is Fc1cccc(C[C@@H]2CCCN2C(=S)NCc2cccs2)c1. The summed E-state index contributed by atoms with van der Waals surface area (Å²) in [5.41, 5.74) is 1.04. The Labute approximate surface area is 140 Å². The van der Waals surface area contributed by atoms with E-state index in [0.717, 1.165) is 43.0 Å². The van der Waals surface area contributed by atoms with Gasteiger partial charge in [0, 0.05) is 17.5 Å². The van der Waals surface area contributed by atoms with Crippen molar-refractivity contribution in [3.8, 4) is 0 Å². The van der Waals surface area contributed by atoms with Gasteiger partial charge in [0.25, 0.3) is 0 Å². The molecule has 0 amide bonds. The molecule has 0 bridgehead atoms. The lowest BCUT2D eigenvalue weighted by Gasteiger charge is -2.27. The fraction of sp³-hybridized carbons (Fsp3) is 0.353. The van der Waals surface area contributed by atoms with Crippen molar-refractivity contribution in [3.63, 3.8) is 0 Å². The third-order valence-corrected chi connectivity index (χ3v) is 5.25. The highest BCUT2D eigenvalue weighted by molar-refractivity contribution is 7.80. The first-order valence-electron chi connectivity index (χ1n) is 7.53. The van der Waals surface area contributed by atoms with Crippen LogP contribution >= 0.6 is 23.6 Å². The third-order valence-electron chi connectivity index (χ3n) is 3.99. The molecule has 2 nitrogen and oxygen atoms in total. The monoisotopic (exact) mass is 334 g/mol. The lowest BCUT2D eigenvalue weighted by Crippen LogP contribution is -2.43. The molecular formula is C17H19FN2S2. The summed E-state index contributed by atoms with van der Waals surface area (Å²) < 4.78 is 13.3. The van der Waals surface area contributed by atoms with Crippen LogP contribution in [0.5, 0.6) is 0 Å². The van der Waals surface area contributed by atoms with Crippen LogP contribution in [0.15, 0.2) is 41.8 Å². The summed E-state index contributed by atoms with van der Waals surface area (Å²) in [6.07, 6.45) is 3.09. The number of thiophene rings is 1. The highest BCUT2D eigenvalue weighted by atomic mass is 32.1. The maximum atomic E-state index is 13.3. The van der Waals surface area contributed by atoms with Gasteiger partial charge in [0.15, 0.2) is 5.11 Å². The Morgan fingerprint density at radius 2 is 2.27 bits per heavy atom. The van der Waals surface area contributed by atoms with Gasteiger partial charge >= 0.3 is 0 Å². The predicted octanol–water partition coefficient (Wildman–Crippen LogP) is 3.97. The summed E-state index contributed by atoms with van der Waals surface area (Å²) in [6.45, 7) is 1.76. The topological polar surface area (TPSA) is 15.3 Å². The van der Waals surface area contributed by atoms with Gasteiger partial charge in [-0.25, -0.2) is 4.39 Å². The molecule has 1 N–H and O–H groups in total. The van der Waals surface area contributed by atoms with E-state index in [1.54, 1.807) is 23.5 Å². The zero-order valence-electron chi connectivity index (χ0n) is 12.3. The van der Waals surface area contributed by atoms with Crippen molar-refractivity contribution < 1.29 is 4.39 Å². The molecule has 0 aliphatic carbocycles. The van der Waals surface area contributed by atoms with E-state index in [1.165, 1.54) is 10.9 Å². The van der Waals surface area contributed by atoms with Gasteiger partial charge in [-0.15, -0.1) is 11.3 Å². The first-order chi connectivity index (χ1) is 10.7. The molecule has 0 saturated carbocycles. The van der Waals surface area contributed by atoms with Crippen LogP contribution in [-0.2, 0) is 13.0 Å². The molecule has 1 atom stereocenters. The fourth-order valence-electron chi connectivity index (χ4n) is 2.93. The van der Waals surface area contributed by atoms with Gasteiger partial charge in [-0.2, -0.15) is 0 Å². The Balaban J connectivity index is 1.58. The second-order valence-electron chi connectivity index (χ2n) is 5.56. The van der Waals surface area contributed by atoms with Gasteiger partial charge in [-0.3, -0.25) is 0 Å². The molecule has 3 rings (SSSR count). The molecule has 1 fully saturated rings. The predicted molar refractivity (Wildman–Crippen MR) is 93.6 cm³/mol. The molecule has 116 valence electrons. The van der Waals surface area contributed by atoms with E-state index in [9.17, 15) is 4.39 Å². The van der Waals surface area contributed by atoms with E-state index in [2.05, 4.69) is 21.7 Å². The van der Waals surface area contributed by atoms with Gasteiger partial charge < -0.3 is 10.2 Å². The first kappa shape index (κ1) is 15.4. The van der Waals surface area contributed by atoms with Crippen LogP contribution in [0.3, 0.4) is 0 Å². The molecule has 1 aromatic carbocycles. The standard InChI is InChI=1S/C17H19FN2S2/c18-14-5-1-4-13(10-14)11-15-6-2-8-20(15)17(21)19-12-16-7-3-9-22-16/h1,3-5,7,9-10,15H,2,6,8,11-12H2,(H,19,21)/t15-/m0/s1. The number of rotatable bonds is 4. The Morgan fingerprint density at radius 1 is 1.36 bits per heavy atom. The van der Waals surface area contributed by atoms with Gasteiger partial charge in [-0.05, 0) is 60.6 Å². The molecule has 0 spiro atoms. The van der Waals surface area contributed by atoms with E-state index in [-0.39, 0.29) is 5.82 Å². The zero-order chi connectivity index (χ0) is 15.4. The molecule has 0 radical (unpaired) electrons. The molecule has 1 aromatic heterocycles. The molecule has 22 heavy (non-hydrogen) atoms. The molecule has 2 heterocycles. The molecule has 0 unspecified atom stereocenters. The van der Waals surface area contributed by atoms with Crippen molar-refractivity contribution >= 4 is 28.7 Å². The smallest absolute Gasteiger partial charge is 0.169 e. The van der Waals surface area contributed by atoms with Gasteiger partial charge in [-0.1, -0.05) is 18.2 Å². The number of likely N-dealkylation sites (tertiary alicyclic amines) is 1. The summed E-state index contributed by atoms with van der Waals surface area (Å²) in [5, 5.41) is 6.23. The Hall–Kier alpha value is -1.46. The molecule has 2 aromatic rings. The zero-order valence-corrected chi connectivity index (χ0v) is 13.9. The van der Waals surface area contributed by atoms with E-state index in [0.29, 0.717) is 6.04 Å². The summed E-state index contributed by atoms with van der Waals surface area (Å²) in [7, 11) is 0. The van der Waals surface area contributed by atoms with Crippen LogP contribution in [0.4, 0.5) is 4.39 Å². The van der Waals surface area contributed by atoms with Crippen LogP contribution in [0.1, 0.15) is 23.3 Å². The molecule has 5 heteroatoms. The molecular weight excluding hydrogens is 315 g/mol. The van der Waals surface area contributed by atoms with Gasteiger partial charge in [0.1, 0.15) is 5.82 Å². The van der Waals surface area contributed by atoms with Crippen LogP contribution in [0.2, 0.25) is 0 Å². The summed E-state index contributed by atoms with van der Waals surface area (Å²) >= 11 is 7.28. The Bertz CT molecular complexity index is 627. The summed E-state index contributed by atoms with van der Waals surface area (Å²) in [6, 6.07) is 11.4. The van der Waals surface area contributed by atoms with Crippen LogP contribution < -0.4 is 5.32 Å². The maximum Gasteiger partial charge on any atom is 0.169 e. The normalized spacial score (nSPS) is 17.7. The second-order valence-corrected chi connectivity index (χ2v) is 6.98. The van der Waals surface area contributed by atoms with Crippen molar-refractivity contribution in [2.75, 3.05) is 6.54 Å². The Kier molecular flexibility index (Phi) is 5.05. The van der Waals surface area contributed by atoms with E-state index in [1.807, 2.05) is 12.1 Å². The summed E-state index contributed by atoms with van der Waals surface area (Å²) in [5.74, 6) is -0.166. The average molecular weight is 334 g/mol. The lowest BCUT2D eigenvalue weighted by molar-refractivity contribution is 0.380. The van der Waals surface area contributed by atoms with Crippen LogP contribution in [0, 0.1) is 5.82 Å². The molecule has 1 saturated heterocycles. The highest BCUT2D eigenvalue weighted by Crippen LogP contribution is 2.22. The van der Waals surface area contributed by atoms with E-state index >= 15 is 0 Å². The van der Waals surface area contributed by atoms with Crippen molar-refractivity contribution in [3.05, 3.63) is 58.0 Å².